The van der Waals surface area contributed by atoms with Crippen LogP contribution in [0.25, 0.3) is 0 Å². The minimum absolute atomic E-state index is 0. The molecule has 1 rings (SSSR count). The molecule has 1 atom stereocenters. The molecule has 0 spiro atoms. The Morgan fingerprint density at radius 3 is 2.31 bits per heavy atom. The van der Waals surface area contributed by atoms with Gasteiger partial charge in [0.05, 0.1) is 0 Å². The molecule has 0 aromatic heterocycles. The number of allylic oxidation sites excluding steroid dienone is 4. The van der Waals surface area contributed by atoms with E-state index >= 15 is 0 Å². The summed E-state index contributed by atoms with van der Waals surface area (Å²) in [5, 5.41) is 0. The van der Waals surface area contributed by atoms with Gasteiger partial charge in [-0.05, 0) is 0 Å². The van der Waals surface area contributed by atoms with Crippen LogP contribution in [-0.4, -0.2) is 15.4 Å². The van der Waals surface area contributed by atoms with Crippen LogP contribution >= 0.6 is 24.8 Å². The van der Waals surface area contributed by atoms with Gasteiger partial charge in [-0.3, -0.25) is 0 Å². The predicted octanol–water partition coefficient (Wildman–Crippen LogP) is 4.22. The van der Waals surface area contributed by atoms with Crippen LogP contribution in [0.3, 0.4) is 0 Å². The van der Waals surface area contributed by atoms with Gasteiger partial charge in [0.1, 0.15) is 0 Å². The van der Waals surface area contributed by atoms with E-state index in [1.54, 1.807) is 5.57 Å². The Bertz CT molecular complexity index is 277. The van der Waals surface area contributed by atoms with Crippen LogP contribution in [-0.2, 0) is 24.9 Å². The summed E-state index contributed by atoms with van der Waals surface area (Å²) in [5.41, 5.74) is 2.21. The predicted molar refractivity (Wildman–Crippen MR) is 73.8 cm³/mol. The Balaban J connectivity index is 0. The van der Waals surface area contributed by atoms with Gasteiger partial charge >= 0.3 is 100 Å². The topological polar surface area (TPSA) is 9.23 Å². The molecule has 0 heterocycles. The van der Waals surface area contributed by atoms with Crippen molar-refractivity contribution in [3.8, 4) is 0 Å². The van der Waals surface area contributed by atoms with E-state index in [2.05, 4.69) is 52.6 Å². The van der Waals surface area contributed by atoms with Gasteiger partial charge < -0.3 is 0 Å². The molecule has 1 aliphatic rings. The third kappa shape index (κ3) is 4.32. The third-order valence-electron chi connectivity index (χ3n) is 3.12. The summed E-state index contributed by atoms with van der Waals surface area (Å²) in [6.45, 7) is 6.89. The zero-order valence-corrected chi connectivity index (χ0v) is 14.6. The van der Waals surface area contributed by atoms with Crippen molar-refractivity contribution in [2.45, 2.75) is 38.4 Å². The molecule has 0 amide bonds. The molecule has 93 valence electrons. The summed E-state index contributed by atoms with van der Waals surface area (Å²) in [7, 11) is 0.342. The van der Waals surface area contributed by atoms with E-state index in [0.29, 0.717) is 5.54 Å². The maximum atomic E-state index is 5.72. The van der Waals surface area contributed by atoms with Crippen LogP contribution in [0, 0.1) is 0 Å². The van der Waals surface area contributed by atoms with Crippen LogP contribution < -0.4 is 0 Å². The first kappa shape index (κ1) is 19.3. The Kier molecular flexibility index (Phi) is 9.80. The second kappa shape index (κ2) is 8.12. The molecular formula is C11H21Cl2OSiTi. The number of hydrogen-bond acceptors (Lipinski definition) is 1. The zero-order chi connectivity index (χ0) is 10.8. The summed E-state index contributed by atoms with van der Waals surface area (Å²) in [4.78, 5) is 0. The molecule has 0 radical (unpaired) electrons. The average Bonchev–Trinajstić information content (AvgIpc) is 2.53. The maximum absolute atomic E-state index is 5.72. The molecular weight excluding hydrogens is 295 g/mol. The molecule has 0 N–H and O–H groups in total. The smallest absolute Gasteiger partial charge is 0.147 e. The normalized spacial score (nSPS) is 16.7. The molecule has 1 unspecified atom stereocenters. The van der Waals surface area contributed by atoms with E-state index in [1.807, 2.05) is 7.11 Å². The molecule has 0 fully saturated rings. The average molecular weight is 316 g/mol. The Morgan fingerprint density at radius 1 is 1.44 bits per heavy atom. The third-order valence-corrected chi connectivity index (χ3v) is 7.34. The Morgan fingerprint density at radius 2 is 2.00 bits per heavy atom. The molecule has 0 saturated heterocycles. The van der Waals surface area contributed by atoms with Crippen LogP contribution in [0.1, 0.15) is 19.8 Å². The molecule has 1 aliphatic carbocycles. The molecule has 0 aliphatic heterocycles. The van der Waals surface area contributed by atoms with E-state index in [4.69, 9.17) is 4.43 Å². The van der Waals surface area contributed by atoms with E-state index in [1.165, 1.54) is 10.3 Å². The fourth-order valence-electron chi connectivity index (χ4n) is 2.08. The molecule has 0 bridgehead atoms. The van der Waals surface area contributed by atoms with Gasteiger partial charge in [0, 0.05) is 0 Å². The molecule has 5 heteroatoms. The maximum Gasteiger partial charge on any atom is -0.147 e. The van der Waals surface area contributed by atoms with Crippen molar-refractivity contribution in [3.05, 3.63) is 21.6 Å². The number of hydrogen-bond donors (Lipinski definition) is 0. The van der Waals surface area contributed by atoms with Gasteiger partial charge in [-0.25, -0.2) is 0 Å². The van der Waals surface area contributed by atoms with Gasteiger partial charge in [-0.1, -0.05) is 0 Å². The Hall–Kier alpha value is 0.951. The Labute approximate surface area is 124 Å². The summed E-state index contributed by atoms with van der Waals surface area (Å²) in [6.07, 6.45) is 6.91. The second-order valence-electron chi connectivity index (χ2n) is 4.31. The number of rotatable bonds is 4. The molecule has 0 saturated carbocycles. The van der Waals surface area contributed by atoms with Crippen LogP contribution in [0.15, 0.2) is 21.6 Å². The second-order valence-corrected chi connectivity index (χ2v) is 9.56. The van der Waals surface area contributed by atoms with Crippen molar-refractivity contribution in [1.29, 1.82) is 0 Å². The van der Waals surface area contributed by atoms with Gasteiger partial charge in [-0.2, -0.15) is 0 Å². The summed E-state index contributed by atoms with van der Waals surface area (Å²) in [5.74, 6) is 0. The van der Waals surface area contributed by atoms with E-state index < -0.39 is 8.32 Å². The van der Waals surface area contributed by atoms with E-state index in [0.717, 1.165) is 6.42 Å². The van der Waals surface area contributed by atoms with Crippen molar-refractivity contribution in [3.63, 3.8) is 0 Å². The quantitative estimate of drug-likeness (QED) is 0.706. The first-order valence-corrected chi connectivity index (χ1v) is 8.96. The fourth-order valence-corrected chi connectivity index (χ4v) is 5.18. The minimum Gasteiger partial charge on any atom is -0.147 e. The monoisotopic (exact) mass is 315 g/mol. The van der Waals surface area contributed by atoms with Crippen LogP contribution in [0.5, 0.6) is 0 Å². The van der Waals surface area contributed by atoms with Crippen LogP contribution in [0.2, 0.25) is 18.6 Å². The SMILES string of the molecule is CCC(C1=[C]([Ti])CC=C1)[Si](C)(C)OC.Cl.Cl. The van der Waals surface area contributed by atoms with Crippen molar-refractivity contribution in [2.75, 3.05) is 7.11 Å². The molecule has 0 aromatic rings. The summed E-state index contributed by atoms with van der Waals surface area (Å²) < 4.78 is 7.26. The van der Waals surface area contributed by atoms with Gasteiger partial charge in [0.25, 0.3) is 0 Å². The van der Waals surface area contributed by atoms with Crippen molar-refractivity contribution < 1.29 is 24.9 Å². The van der Waals surface area contributed by atoms with Crippen molar-refractivity contribution in [1.82, 2.24) is 0 Å². The zero-order valence-electron chi connectivity index (χ0n) is 10.4. The first-order valence-electron chi connectivity index (χ1n) is 5.19. The van der Waals surface area contributed by atoms with E-state index in [9.17, 15) is 0 Å². The largest absolute Gasteiger partial charge is 0.147 e. The van der Waals surface area contributed by atoms with Crippen molar-refractivity contribution in [2.24, 2.45) is 0 Å². The number of halogens is 2. The molecule has 0 aromatic carbocycles. The molecule has 1 nitrogen and oxygen atoms in total. The van der Waals surface area contributed by atoms with Crippen molar-refractivity contribution >= 4 is 33.1 Å². The summed E-state index contributed by atoms with van der Waals surface area (Å²) >= 11 is 2.25. The standard InChI is InChI=1S/C11H19OSi.2ClH.Ti/c1-5-11(13(3,4)12-2)10-8-6-7-9-10;;;/h6,8,11H,5,7H2,1-4H3;2*1H;. The summed E-state index contributed by atoms with van der Waals surface area (Å²) in [6, 6.07) is 0. The fraction of sp³-hybridized carbons (Fsp3) is 0.636. The van der Waals surface area contributed by atoms with E-state index in [-0.39, 0.29) is 24.8 Å². The van der Waals surface area contributed by atoms with Gasteiger partial charge in [-0.15, -0.1) is 24.8 Å². The van der Waals surface area contributed by atoms with Gasteiger partial charge in [0.15, 0.2) is 0 Å². The van der Waals surface area contributed by atoms with Crippen LogP contribution in [0.4, 0.5) is 0 Å². The molecule has 16 heavy (non-hydrogen) atoms. The van der Waals surface area contributed by atoms with Gasteiger partial charge in [0.2, 0.25) is 0 Å². The first-order chi connectivity index (χ1) is 6.53. The minimum atomic E-state index is -1.52.